The first-order valence-electron chi connectivity index (χ1n) is 5.65. The SMILES string of the molecule is C=CCC(C)NC(=O)Nc1ccc(Cl)cc1C(=O)O. The van der Waals surface area contributed by atoms with E-state index in [2.05, 4.69) is 17.2 Å². The number of aromatic carboxylic acids is 1. The van der Waals surface area contributed by atoms with Gasteiger partial charge in [-0.05, 0) is 31.5 Å². The second kappa shape index (κ2) is 6.80. The maximum atomic E-state index is 11.7. The molecule has 0 aliphatic carbocycles. The van der Waals surface area contributed by atoms with Crippen LogP contribution < -0.4 is 10.6 Å². The van der Waals surface area contributed by atoms with E-state index in [4.69, 9.17) is 16.7 Å². The van der Waals surface area contributed by atoms with E-state index in [9.17, 15) is 9.59 Å². The minimum atomic E-state index is -1.16. The van der Waals surface area contributed by atoms with E-state index in [-0.39, 0.29) is 17.3 Å². The first kappa shape index (κ1) is 15.0. The number of rotatable bonds is 5. The van der Waals surface area contributed by atoms with Crippen LogP contribution in [0.2, 0.25) is 5.02 Å². The van der Waals surface area contributed by atoms with Crippen molar-refractivity contribution in [1.29, 1.82) is 0 Å². The molecule has 5 nitrogen and oxygen atoms in total. The molecule has 0 heterocycles. The van der Waals surface area contributed by atoms with Crippen LogP contribution in [0.15, 0.2) is 30.9 Å². The maximum Gasteiger partial charge on any atom is 0.337 e. The van der Waals surface area contributed by atoms with E-state index >= 15 is 0 Å². The molecular weight excluding hydrogens is 268 g/mol. The number of amides is 2. The predicted molar refractivity (Wildman–Crippen MR) is 74.8 cm³/mol. The van der Waals surface area contributed by atoms with E-state index < -0.39 is 12.0 Å². The molecule has 0 fully saturated rings. The highest BCUT2D eigenvalue weighted by molar-refractivity contribution is 6.31. The van der Waals surface area contributed by atoms with Crippen LogP contribution in [0, 0.1) is 0 Å². The van der Waals surface area contributed by atoms with E-state index in [1.807, 2.05) is 6.92 Å². The number of benzene rings is 1. The summed E-state index contributed by atoms with van der Waals surface area (Å²) in [5.74, 6) is -1.16. The van der Waals surface area contributed by atoms with Crippen molar-refractivity contribution >= 4 is 29.3 Å². The Morgan fingerprint density at radius 2 is 2.21 bits per heavy atom. The van der Waals surface area contributed by atoms with Crippen molar-refractivity contribution in [3.63, 3.8) is 0 Å². The summed E-state index contributed by atoms with van der Waals surface area (Å²) in [6.07, 6.45) is 2.32. The number of halogens is 1. The third-order valence-electron chi connectivity index (χ3n) is 2.36. The molecular formula is C13H15ClN2O3. The summed E-state index contributed by atoms with van der Waals surface area (Å²) in [7, 11) is 0. The lowest BCUT2D eigenvalue weighted by atomic mass is 10.2. The summed E-state index contributed by atoms with van der Waals surface area (Å²) in [6.45, 7) is 5.40. The van der Waals surface area contributed by atoms with Gasteiger partial charge < -0.3 is 15.7 Å². The molecule has 1 atom stereocenters. The van der Waals surface area contributed by atoms with Crippen molar-refractivity contribution in [1.82, 2.24) is 5.32 Å². The van der Waals surface area contributed by atoms with Crippen LogP contribution in [0.25, 0.3) is 0 Å². The lowest BCUT2D eigenvalue weighted by Gasteiger charge is -2.14. The first-order chi connectivity index (χ1) is 8.93. The second-order valence-corrected chi connectivity index (χ2v) is 4.46. The molecule has 3 N–H and O–H groups in total. The molecule has 0 radical (unpaired) electrons. The molecule has 0 aliphatic heterocycles. The molecule has 1 aromatic rings. The fourth-order valence-electron chi connectivity index (χ4n) is 1.49. The van der Waals surface area contributed by atoms with Gasteiger partial charge in [0.1, 0.15) is 0 Å². The highest BCUT2D eigenvalue weighted by atomic mass is 35.5. The molecule has 6 heteroatoms. The number of carboxylic acid groups (broad SMARTS) is 1. The van der Waals surface area contributed by atoms with Crippen LogP contribution in [0.3, 0.4) is 0 Å². The van der Waals surface area contributed by atoms with Crippen LogP contribution in [-0.2, 0) is 0 Å². The molecule has 0 aromatic heterocycles. The molecule has 102 valence electrons. The Balaban J connectivity index is 2.79. The van der Waals surface area contributed by atoms with Crippen molar-refractivity contribution in [2.45, 2.75) is 19.4 Å². The summed E-state index contributed by atoms with van der Waals surface area (Å²) in [4.78, 5) is 22.7. The standard InChI is InChI=1S/C13H15ClN2O3/c1-3-4-8(2)15-13(19)16-11-6-5-9(14)7-10(11)12(17)18/h3,5-8H,1,4H2,2H3,(H,17,18)(H2,15,16,19). The van der Waals surface area contributed by atoms with Gasteiger partial charge in [-0.25, -0.2) is 9.59 Å². The third-order valence-corrected chi connectivity index (χ3v) is 2.59. The molecule has 0 saturated carbocycles. The zero-order valence-electron chi connectivity index (χ0n) is 10.4. The molecule has 1 aromatic carbocycles. The largest absolute Gasteiger partial charge is 0.478 e. The highest BCUT2D eigenvalue weighted by Crippen LogP contribution is 2.20. The zero-order valence-corrected chi connectivity index (χ0v) is 11.2. The van der Waals surface area contributed by atoms with Gasteiger partial charge in [-0.1, -0.05) is 17.7 Å². The number of anilines is 1. The predicted octanol–water partition coefficient (Wildman–Crippen LogP) is 3.12. The monoisotopic (exact) mass is 282 g/mol. The van der Waals surface area contributed by atoms with Gasteiger partial charge in [0.2, 0.25) is 0 Å². The number of carbonyl (C=O) groups excluding carboxylic acids is 1. The summed E-state index contributed by atoms with van der Waals surface area (Å²) >= 11 is 5.72. The second-order valence-electron chi connectivity index (χ2n) is 4.02. The lowest BCUT2D eigenvalue weighted by Crippen LogP contribution is -2.36. The molecule has 2 amide bonds. The molecule has 1 unspecified atom stereocenters. The Kier molecular flexibility index (Phi) is 5.38. The Bertz CT molecular complexity index is 503. The van der Waals surface area contributed by atoms with Crippen molar-refractivity contribution in [2.24, 2.45) is 0 Å². The van der Waals surface area contributed by atoms with Gasteiger partial charge in [-0.2, -0.15) is 0 Å². The summed E-state index contributed by atoms with van der Waals surface area (Å²) in [6, 6.07) is 3.68. The van der Waals surface area contributed by atoms with Gasteiger partial charge in [-0.15, -0.1) is 6.58 Å². The van der Waals surface area contributed by atoms with E-state index in [0.717, 1.165) is 0 Å². The normalized spacial score (nSPS) is 11.5. The number of hydrogen-bond donors (Lipinski definition) is 3. The van der Waals surface area contributed by atoms with Gasteiger partial charge >= 0.3 is 12.0 Å². The van der Waals surface area contributed by atoms with E-state index in [1.54, 1.807) is 6.08 Å². The fourth-order valence-corrected chi connectivity index (χ4v) is 1.67. The topological polar surface area (TPSA) is 78.4 Å². The summed E-state index contributed by atoms with van der Waals surface area (Å²) < 4.78 is 0. The molecule has 0 spiro atoms. The van der Waals surface area contributed by atoms with Gasteiger partial charge in [0, 0.05) is 11.1 Å². The van der Waals surface area contributed by atoms with Crippen molar-refractivity contribution in [2.75, 3.05) is 5.32 Å². The van der Waals surface area contributed by atoms with Crippen LogP contribution in [0.4, 0.5) is 10.5 Å². The van der Waals surface area contributed by atoms with Gasteiger partial charge in [-0.3, -0.25) is 0 Å². The van der Waals surface area contributed by atoms with E-state index in [0.29, 0.717) is 11.4 Å². The highest BCUT2D eigenvalue weighted by Gasteiger charge is 2.13. The van der Waals surface area contributed by atoms with Crippen molar-refractivity contribution in [3.05, 3.63) is 41.4 Å². The minimum Gasteiger partial charge on any atom is -0.478 e. The van der Waals surface area contributed by atoms with Crippen LogP contribution in [0.5, 0.6) is 0 Å². The summed E-state index contributed by atoms with van der Waals surface area (Å²) in [5.41, 5.74) is 0.138. The fraction of sp³-hybridized carbons (Fsp3) is 0.231. The average Bonchev–Trinajstić information content (AvgIpc) is 2.31. The molecule has 0 bridgehead atoms. The molecule has 0 aliphatic rings. The number of carbonyl (C=O) groups is 2. The molecule has 19 heavy (non-hydrogen) atoms. The van der Waals surface area contributed by atoms with Crippen molar-refractivity contribution in [3.8, 4) is 0 Å². The molecule has 1 rings (SSSR count). The van der Waals surface area contributed by atoms with Gasteiger partial charge in [0.05, 0.1) is 11.3 Å². The lowest BCUT2D eigenvalue weighted by molar-refractivity contribution is 0.0698. The average molecular weight is 283 g/mol. The first-order valence-corrected chi connectivity index (χ1v) is 6.03. The van der Waals surface area contributed by atoms with Gasteiger partial charge in [0.25, 0.3) is 0 Å². The van der Waals surface area contributed by atoms with Crippen LogP contribution >= 0.6 is 11.6 Å². The third kappa shape index (κ3) is 4.63. The van der Waals surface area contributed by atoms with E-state index in [1.165, 1.54) is 18.2 Å². The number of nitrogens with one attached hydrogen (secondary N) is 2. The van der Waals surface area contributed by atoms with Crippen LogP contribution in [-0.4, -0.2) is 23.1 Å². The Hall–Kier alpha value is -2.01. The number of urea groups is 1. The Morgan fingerprint density at radius 3 is 2.79 bits per heavy atom. The quantitative estimate of drug-likeness (QED) is 0.726. The molecule has 0 saturated heterocycles. The van der Waals surface area contributed by atoms with Crippen LogP contribution in [0.1, 0.15) is 23.7 Å². The summed E-state index contributed by atoms with van der Waals surface area (Å²) in [5, 5.41) is 14.5. The maximum absolute atomic E-state index is 11.7. The number of hydrogen-bond acceptors (Lipinski definition) is 2. The van der Waals surface area contributed by atoms with Gasteiger partial charge in [0.15, 0.2) is 0 Å². The number of carboxylic acids is 1. The van der Waals surface area contributed by atoms with Crippen molar-refractivity contribution < 1.29 is 14.7 Å². The zero-order chi connectivity index (χ0) is 14.4. The Labute approximate surface area is 116 Å². The minimum absolute atomic E-state index is 0.0565. The smallest absolute Gasteiger partial charge is 0.337 e. The Morgan fingerprint density at radius 1 is 1.53 bits per heavy atom.